The molecule has 0 saturated heterocycles. The van der Waals surface area contributed by atoms with Gasteiger partial charge >= 0.3 is 0 Å². The molecular weight excluding hydrogens is 234 g/mol. The van der Waals surface area contributed by atoms with Crippen LogP contribution >= 0.6 is 0 Å². The van der Waals surface area contributed by atoms with Gasteiger partial charge in [0, 0.05) is 23.1 Å². The summed E-state index contributed by atoms with van der Waals surface area (Å²) in [7, 11) is 0. The van der Waals surface area contributed by atoms with Crippen molar-refractivity contribution in [1.29, 1.82) is 0 Å². The van der Waals surface area contributed by atoms with Crippen molar-refractivity contribution in [3.63, 3.8) is 0 Å². The number of unbranched alkanes of at least 4 members (excludes halogenated alkanes) is 3. The number of hydrogen-bond donors (Lipinski definition) is 0. The van der Waals surface area contributed by atoms with Crippen LogP contribution in [0.5, 0.6) is 5.75 Å². The molecule has 0 aliphatic heterocycles. The molecule has 0 radical (unpaired) electrons. The highest BCUT2D eigenvalue weighted by atomic mass is 16.5. The zero-order valence-corrected chi connectivity index (χ0v) is 12.4. The molecule has 104 valence electrons. The van der Waals surface area contributed by atoms with Gasteiger partial charge in [-0.05, 0) is 44.5 Å². The highest BCUT2D eigenvalue weighted by Gasteiger charge is 2.05. The lowest BCUT2D eigenvalue weighted by Crippen LogP contribution is -1.98. The normalized spacial score (nSPS) is 11.1. The second kappa shape index (κ2) is 6.65. The van der Waals surface area contributed by atoms with Gasteiger partial charge in [0.15, 0.2) is 0 Å². The minimum Gasteiger partial charge on any atom is -0.494 e. The molecule has 0 aliphatic rings. The van der Waals surface area contributed by atoms with Crippen molar-refractivity contribution < 1.29 is 4.74 Å². The summed E-state index contributed by atoms with van der Waals surface area (Å²) in [4.78, 5) is 0. The molecule has 0 N–H and O–H groups in total. The van der Waals surface area contributed by atoms with E-state index in [1.54, 1.807) is 0 Å². The fourth-order valence-electron chi connectivity index (χ4n) is 2.62. The zero-order valence-electron chi connectivity index (χ0n) is 12.4. The first kappa shape index (κ1) is 14.0. The van der Waals surface area contributed by atoms with Crippen molar-refractivity contribution in [3.8, 4) is 5.75 Å². The van der Waals surface area contributed by atoms with E-state index < -0.39 is 0 Å². The van der Waals surface area contributed by atoms with E-state index in [1.807, 2.05) is 0 Å². The van der Waals surface area contributed by atoms with Crippen LogP contribution in [0.3, 0.4) is 0 Å². The summed E-state index contributed by atoms with van der Waals surface area (Å²) in [5, 5.41) is 1.28. The van der Waals surface area contributed by atoms with Gasteiger partial charge in [0.1, 0.15) is 5.75 Å². The summed E-state index contributed by atoms with van der Waals surface area (Å²) in [6, 6.07) is 8.66. The fourth-order valence-corrected chi connectivity index (χ4v) is 2.62. The molecule has 0 bridgehead atoms. The van der Waals surface area contributed by atoms with E-state index in [9.17, 15) is 0 Å². The molecule has 0 saturated carbocycles. The minimum atomic E-state index is 0.832. The molecule has 0 fully saturated rings. The lowest BCUT2D eigenvalue weighted by Gasteiger charge is -2.07. The van der Waals surface area contributed by atoms with Crippen LogP contribution in [0.4, 0.5) is 0 Å². The van der Waals surface area contributed by atoms with Crippen molar-refractivity contribution in [2.24, 2.45) is 0 Å². The molecular formula is C17H25NO. The summed E-state index contributed by atoms with van der Waals surface area (Å²) in [6.07, 6.45) is 5.00. The molecule has 2 heteroatoms. The van der Waals surface area contributed by atoms with Gasteiger partial charge < -0.3 is 9.30 Å². The van der Waals surface area contributed by atoms with Crippen LogP contribution in [0.15, 0.2) is 24.3 Å². The first-order valence-electron chi connectivity index (χ1n) is 7.49. The highest BCUT2D eigenvalue weighted by Crippen LogP contribution is 2.24. The largest absolute Gasteiger partial charge is 0.494 e. The summed E-state index contributed by atoms with van der Waals surface area (Å²) < 4.78 is 8.17. The van der Waals surface area contributed by atoms with Crippen molar-refractivity contribution >= 4 is 10.9 Å². The molecule has 1 aromatic heterocycles. The molecule has 19 heavy (non-hydrogen) atoms. The predicted octanol–water partition coefficient (Wildman–Crippen LogP) is 4.93. The quantitative estimate of drug-likeness (QED) is 0.643. The van der Waals surface area contributed by atoms with E-state index in [2.05, 4.69) is 49.6 Å². The summed E-state index contributed by atoms with van der Waals surface area (Å²) in [5.74, 6) is 0.997. The first-order chi connectivity index (χ1) is 9.26. The van der Waals surface area contributed by atoms with E-state index in [0.29, 0.717) is 0 Å². The molecule has 0 aliphatic carbocycles. The smallest absolute Gasteiger partial charge is 0.120 e. The molecule has 0 amide bonds. The van der Waals surface area contributed by atoms with E-state index in [1.165, 1.54) is 35.9 Å². The topological polar surface area (TPSA) is 14.2 Å². The van der Waals surface area contributed by atoms with Gasteiger partial charge in [-0.25, -0.2) is 0 Å². The first-order valence-corrected chi connectivity index (χ1v) is 7.49. The Morgan fingerprint density at radius 2 is 1.89 bits per heavy atom. The van der Waals surface area contributed by atoms with Crippen molar-refractivity contribution in [3.05, 3.63) is 30.0 Å². The summed E-state index contributed by atoms with van der Waals surface area (Å²) in [6.45, 7) is 8.43. The molecule has 0 spiro atoms. The number of hydrogen-bond acceptors (Lipinski definition) is 1. The maximum atomic E-state index is 5.83. The van der Waals surface area contributed by atoms with E-state index in [4.69, 9.17) is 4.74 Å². The highest BCUT2D eigenvalue weighted by molar-refractivity contribution is 5.82. The van der Waals surface area contributed by atoms with E-state index >= 15 is 0 Å². The Morgan fingerprint density at radius 1 is 1.05 bits per heavy atom. The van der Waals surface area contributed by atoms with Crippen LogP contribution in [0.25, 0.3) is 10.9 Å². The average Bonchev–Trinajstić information content (AvgIpc) is 2.73. The van der Waals surface area contributed by atoms with Crippen molar-refractivity contribution in [2.45, 2.75) is 53.0 Å². The van der Waals surface area contributed by atoms with Gasteiger partial charge in [0.25, 0.3) is 0 Å². The average molecular weight is 259 g/mol. The Labute approximate surface area is 116 Å². The summed E-state index contributed by atoms with van der Waals surface area (Å²) >= 11 is 0. The van der Waals surface area contributed by atoms with Crippen molar-refractivity contribution in [2.75, 3.05) is 6.61 Å². The molecule has 2 aromatic rings. The second-order valence-electron chi connectivity index (χ2n) is 5.16. The lowest BCUT2D eigenvalue weighted by molar-refractivity contribution is 0.305. The van der Waals surface area contributed by atoms with E-state index in [0.717, 1.165) is 25.3 Å². The Hall–Kier alpha value is -1.44. The predicted molar refractivity (Wildman–Crippen MR) is 82.0 cm³/mol. The third kappa shape index (κ3) is 3.31. The van der Waals surface area contributed by atoms with Gasteiger partial charge in [-0.2, -0.15) is 0 Å². The maximum absolute atomic E-state index is 5.83. The third-order valence-corrected chi connectivity index (χ3v) is 3.66. The monoisotopic (exact) mass is 259 g/mol. The lowest BCUT2D eigenvalue weighted by atomic mass is 10.2. The molecule has 0 atom stereocenters. The Morgan fingerprint density at radius 3 is 2.63 bits per heavy atom. The Balaban J connectivity index is 2.01. The molecule has 0 unspecified atom stereocenters. The van der Waals surface area contributed by atoms with Crippen molar-refractivity contribution in [1.82, 2.24) is 4.57 Å². The van der Waals surface area contributed by atoms with Crippen LogP contribution < -0.4 is 4.74 Å². The van der Waals surface area contributed by atoms with Crippen LogP contribution in [0.2, 0.25) is 0 Å². The van der Waals surface area contributed by atoms with Crippen LogP contribution in [-0.4, -0.2) is 11.2 Å². The van der Waals surface area contributed by atoms with Gasteiger partial charge in [-0.1, -0.05) is 26.2 Å². The molecule has 2 rings (SSSR count). The Kier molecular flexibility index (Phi) is 4.89. The van der Waals surface area contributed by atoms with Gasteiger partial charge in [0.05, 0.1) is 6.61 Å². The van der Waals surface area contributed by atoms with E-state index in [-0.39, 0.29) is 0 Å². The molecule has 1 aromatic carbocycles. The molecule has 2 nitrogen and oxygen atoms in total. The third-order valence-electron chi connectivity index (χ3n) is 3.66. The van der Waals surface area contributed by atoms with Crippen LogP contribution in [0, 0.1) is 6.92 Å². The number of fused-ring (bicyclic) bond motifs is 1. The molecule has 1 heterocycles. The number of rotatable bonds is 7. The van der Waals surface area contributed by atoms with Gasteiger partial charge in [-0.3, -0.25) is 0 Å². The number of aromatic nitrogens is 1. The fraction of sp³-hybridized carbons (Fsp3) is 0.529. The summed E-state index contributed by atoms with van der Waals surface area (Å²) in [5.41, 5.74) is 2.62. The minimum absolute atomic E-state index is 0.832. The van der Waals surface area contributed by atoms with Crippen LogP contribution in [0.1, 0.15) is 45.2 Å². The maximum Gasteiger partial charge on any atom is 0.120 e. The van der Waals surface area contributed by atoms with Crippen LogP contribution in [-0.2, 0) is 6.54 Å². The standard InChI is InChI=1S/C17H25NO/c1-4-6-7-8-11-19-16-9-10-17-15(13-16)12-14(3)18(17)5-2/h9-10,12-13H,4-8,11H2,1-3H3. The van der Waals surface area contributed by atoms with Gasteiger partial charge in [-0.15, -0.1) is 0 Å². The number of aryl methyl sites for hydroxylation is 2. The second-order valence-corrected chi connectivity index (χ2v) is 5.16. The number of benzene rings is 1. The zero-order chi connectivity index (χ0) is 13.7. The SMILES string of the molecule is CCCCCCOc1ccc2c(c1)cc(C)n2CC. The van der Waals surface area contributed by atoms with Gasteiger partial charge in [0.2, 0.25) is 0 Å². The number of ether oxygens (including phenoxy) is 1. The Bertz CT molecular complexity index is 527. The number of nitrogens with zero attached hydrogens (tertiary/aromatic N) is 1.